The predicted octanol–water partition coefficient (Wildman–Crippen LogP) is 21.4. The van der Waals surface area contributed by atoms with Crippen LogP contribution in [0.2, 0.25) is 0 Å². The van der Waals surface area contributed by atoms with E-state index in [0.717, 1.165) is 83.5 Å². The number of hydrogen-bond donors (Lipinski definition) is 0. The van der Waals surface area contributed by atoms with Crippen molar-refractivity contribution in [1.29, 1.82) is 0 Å². The average molecular weight is 1010 g/mol. The first kappa shape index (κ1) is 69.4. The quantitative estimate of drug-likeness (QED) is 0.0261. The molecule has 0 saturated heterocycles. The molecule has 0 aromatic heterocycles. The largest absolute Gasteiger partial charge is 0.462 e. The number of hydrogen-bond acceptors (Lipinski definition) is 6. The Bertz CT molecular complexity index is 1250. The Balaban J connectivity index is 4.05. The highest BCUT2D eigenvalue weighted by atomic mass is 16.6. The van der Waals surface area contributed by atoms with Gasteiger partial charge < -0.3 is 14.2 Å². The number of unbranched alkanes of at least 4 members (excludes halogenated alkanes) is 39. The molecule has 0 N–H and O–H groups in total. The molecule has 0 aromatic carbocycles. The van der Waals surface area contributed by atoms with Crippen LogP contribution in [0.15, 0.2) is 48.6 Å². The molecule has 1 atom stereocenters. The molecule has 72 heavy (non-hydrogen) atoms. The van der Waals surface area contributed by atoms with Crippen molar-refractivity contribution in [3.05, 3.63) is 48.6 Å². The fourth-order valence-electron chi connectivity index (χ4n) is 9.38. The lowest BCUT2D eigenvalue weighted by Crippen LogP contribution is -2.30. The van der Waals surface area contributed by atoms with Crippen LogP contribution in [0.1, 0.15) is 335 Å². The second-order valence-electron chi connectivity index (χ2n) is 21.3. The van der Waals surface area contributed by atoms with Crippen molar-refractivity contribution in [2.45, 2.75) is 341 Å². The van der Waals surface area contributed by atoms with Crippen LogP contribution in [0.3, 0.4) is 0 Å². The summed E-state index contributed by atoms with van der Waals surface area (Å²) in [5.41, 5.74) is 0. The van der Waals surface area contributed by atoms with Gasteiger partial charge in [-0.3, -0.25) is 14.4 Å². The molecule has 0 aliphatic carbocycles. The van der Waals surface area contributed by atoms with Crippen LogP contribution in [0.4, 0.5) is 0 Å². The zero-order valence-electron chi connectivity index (χ0n) is 48.2. The van der Waals surface area contributed by atoms with Gasteiger partial charge in [-0.1, -0.05) is 307 Å². The van der Waals surface area contributed by atoms with Gasteiger partial charge in [-0.2, -0.15) is 0 Å². The van der Waals surface area contributed by atoms with E-state index in [2.05, 4.69) is 69.4 Å². The Morgan fingerprint density at radius 2 is 0.542 bits per heavy atom. The topological polar surface area (TPSA) is 78.9 Å². The number of ether oxygens (including phenoxy) is 3. The van der Waals surface area contributed by atoms with Crippen LogP contribution in [0, 0.1) is 0 Å². The molecule has 0 aliphatic rings. The molecule has 0 bridgehead atoms. The second kappa shape index (κ2) is 60.9. The first-order valence-electron chi connectivity index (χ1n) is 31.6. The van der Waals surface area contributed by atoms with Gasteiger partial charge in [0.25, 0.3) is 0 Å². The lowest BCUT2D eigenvalue weighted by Gasteiger charge is -2.18. The molecule has 0 rings (SSSR count). The van der Waals surface area contributed by atoms with Crippen LogP contribution in [0.5, 0.6) is 0 Å². The summed E-state index contributed by atoms with van der Waals surface area (Å²) in [6.07, 6.45) is 75.7. The van der Waals surface area contributed by atoms with Crippen molar-refractivity contribution in [2.75, 3.05) is 13.2 Å². The lowest BCUT2D eigenvalue weighted by molar-refractivity contribution is -0.167. The van der Waals surface area contributed by atoms with Crippen molar-refractivity contribution in [1.82, 2.24) is 0 Å². The highest BCUT2D eigenvalue weighted by Gasteiger charge is 2.19. The summed E-state index contributed by atoms with van der Waals surface area (Å²) in [4.78, 5) is 38.1. The molecule has 0 aromatic rings. The number of carbonyl (C=O) groups excluding carboxylic acids is 3. The summed E-state index contributed by atoms with van der Waals surface area (Å²) in [5, 5.41) is 0. The van der Waals surface area contributed by atoms with E-state index in [1.165, 1.54) is 212 Å². The zero-order valence-corrected chi connectivity index (χ0v) is 48.2. The Kier molecular flexibility index (Phi) is 58.7. The Morgan fingerprint density at radius 1 is 0.292 bits per heavy atom. The molecule has 0 spiro atoms. The van der Waals surface area contributed by atoms with Gasteiger partial charge in [0.1, 0.15) is 13.2 Å². The number of rotatable bonds is 58. The van der Waals surface area contributed by atoms with Crippen molar-refractivity contribution in [3.63, 3.8) is 0 Å². The molecule has 0 fully saturated rings. The highest BCUT2D eigenvalue weighted by Crippen LogP contribution is 2.18. The van der Waals surface area contributed by atoms with Gasteiger partial charge in [0.15, 0.2) is 6.10 Å². The maximum Gasteiger partial charge on any atom is 0.306 e. The first-order valence-corrected chi connectivity index (χ1v) is 31.6. The van der Waals surface area contributed by atoms with E-state index in [4.69, 9.17) is 14.2 Å². The summed E-state index contributed by atoms with van der Waals surface area (Å²) >= 11 is 0. The van der Waals surface area contributed by atoms with Gasteiger partial charge in [-0.05, 0) is 57.8 Å². The SMILES string of the molecule is CC/C=C\C/C=C\C/C=C\C/C=C\CCCCCCCCCCCCCCCCCCCCC(=O)OCC(COC(=O)CCCCCCCCCCCC)OC(=O)CCCCCCCCCCCCCCC. The standard InChI is InChI=1S/C66H120O6/c1-4-7-10-13-16-19-22-24-25-26-27-28-29-30-31-32-33-34-35-36-37-38-39-40-41-43-44-47-50-53-56-59-65(68)71-62-63(61-70-64(67)58-55-52-49-46-21-18-15-12-9-6-3)72-66(69)60-57-54-51-48-45-42-23-20-17-14-11-8-5-2/h7,10,16,19,24-25,27-28,63H,4-6,8-9,11-15,17-18,20-23,26,29-62H2,1-3H3/b10-7-,19-16-,25-24-,28-27-. The van der Waals surface area contributed by atoms with Gasteiger partial charge >= 0.3 is 17.9 Å². The fourth-order valence-corrected chi connectivity index (χ4v) is 9.38. The predicted molar refractivity (Wildman–Crippen MR) is 312 cm³/mol. The third-order valence-electron chi connectivity index (χ3n) is 14.1. The van der Waals surface area contributed by atoms with Crippen molar-refractivity contribution >= 4 is 17.9 Å². The summed E-state index contributed by atoms with van der Waals surface area (Å²) in [6.45, 7) is 6.56. The van der Waals surface area contributed by atoms with E-state index in [1.54, 1.807) is 0 Å². The molecule has 6 nitrogen and oxygen atoms in total. The van der Waals surface area contributed by atoms with E-state index >= 15 is 0 Å². The van der Waals surface area contributed by atoms with Crippen LogP contribution >= 0.6 is 0 Å². The van der Waals surface area contributed by atoms with Gasteiger partial charge in [-0.15, -0.1) is 0 Å². The highest BCUT2D eigenvalue weighted by molar-refractivity contribution is 5.71. The molecule has 0 heterocycles. The van der Waals surface area contributed by atoms with Crippen LogP contribution < -0.4 is 0 Å². The minimum absolute atomic E-state index is 0.0660. The summed E-state index contributed by atoms with van der Waals surface area (Å²) in [7, 11) is 0. The Hall–Kier alpha value is -2.63. The zero-order chi connectivity index (χ0) is 52.2. The van der Waals surface area contributed by atoms with Gasteiger partial charge in [0.2, 0.25) is 0 Å². The van der Waals surface area contributed by atoms with Crippen LogP contribution in [-0.2, 0) is 28.6 Å². The minimum atomic E-state index is -0.765. The van der Waals surface area contributed by atoms with Crippen molar-refractivity contribution in [3.8, 4) is 0 Å². The third-order valence-corrected chi connectivity index (χ3v) is 14.1. The molecule has 420 valence electrons. The first-order chi connectivity index (χ1) is 35.5. The number of carbonyl (C=O) groups is 3. The molecular weight excluding hydrogens is 889 g/mol. The maximum atomic E-state index is 12.8. The molecule has 6 heteroatoms. The second-order valence-corrected chi connectivity index (χ2v) is 21.3. The van der Waals surface area contributed by atoms with Gasteiger partial charge in [0, 0.05) is 19.3 Å². The Labute approximate surface area is 448 Å². The molecular formula is C66H120O6. The fraction of sp³-hybridized carbons (Fsp3) is 0.833. The van der Waals surface area contributed by atoms with Gasteiger partial charge in [-0.25, -0.2) is 0 Å². The van der Waals surface area contributed by atoms with Crippen LogP contribution in [-0.4, -0.2) is 37.2 Å². The lowest BCUT2D eigenvalue weighted by atomic mass is 10.0. The van der Waals surface area contributed by atoms with Crippen molar-refractivity contribution < 1.29 is 28.6 Å². The van der Waals surface area contributed by atoms with E-state index in [9.17, 15) is 14.4 Å². The minimum Gasteiger partial charge on any atom is -0.462 e. The van der Waals surface area contributed by atoms with E-state index in [0.29, 0.717) is 19.3 Å². The molecule has 0 radical (unpaired) electrons. The van der Waals surface area contributed by atoms with E-state index in [-0.39, 0.29) is 31.1 Å². The molecule has 0 amide bonds. The Morgan fingerprint density at radius 3 is 0.847 bits per heavy atom. The monoisotopic (exact) mass is 1010 g/mol. The maximum absolute atomic E-state index is 12.8. The number of allylic oxidation sites excluding steroid dienone is 8. The molecule has 0 aliphatic heterocycles. The third kappa shape index (κ3) is 58.3. The van der Waals surface area contributed by atoms with E-state index in [1.807, 2.05) is 0 Å². The molecule has 1 unspecified atom stereocenters. The average Bonchev–Trinajstić information content (AvgIpc) is 3.38. The molecule has 0 saturated carbocycles. The summed E-state index contributed by atoms with van der Waals surface area (Å²) < 4.78 is 16.9. The smallest absolute Gasteiger partial charge is 0.306 e. The van der Waals surface area contributed by atoms with E-state index < -0.39 is 6.10 Å². The normalized spacial score (nSPS) is 12.3. The summed E-state index contributed by atoms with van der Waals surface area (Å²) in [6, 6.07) is 0. The van der Waals surface area contributed by atoms with Crippen LogP contribution in [0.25, 0.3) is 0 Å². The van der Waals surface area contributed by atoms with Gasteiger partial charge in [0.05, 0.1) is 0 Å². The van der Waals surface area contributed by atoms with Crippen molar-refractivity contribution in [2.24, 2.45) is 0 Å². The summed E-state index contributed by atoms with van der Waals surface area (Å²) in [5.74, 6) is -0.847. The number of esters is 3.